The third kappa shape index (κ3) is 5.32. The van der Waals surface area contributed by atoms with Gasteiger partial charge < -0.3 is 14.0 Å². The maximum absolute atomic E-state index is 12.5. The second-order valence-corrected chi connectivity index (χ2v) is 7.52. The van der Waals surface area contributed by atoms with Crippen molar-refractivity contribution in [3.63, 3.8) is 0 Å². The van der Waals surface area contributed by atoms with Gasteiger partial charge in [-0.3, -0.25) is 4.79 Å². The van der Waals surface area contributed by atoms with E-state index in [1.54, 1.807) is 38.9 Å². The van der Waals surface area contributed by atoms with Crippen molar-refractivity contribution in [3.05, 3.63) is 90.8 Å². The van der Waals surface area contributed by atoms with Gasteiger partial charge in [-0.15, -0.1) is 0 Å². The fraction of sp³-hybridized carbons (Fsp3) is 0.148. The molecule has 0 bridgehead atoms. The van der Waals surface area contributed by atoms with Crippen LogP contribution in [0.4, 0.5) is 0 Å². The average Bonchev–Trinajstić information content (AvgIpc) is 3.32. The summed E-state index contributed by atoms with van der Waals surface area (Å²) in [6.45, 7) is 0.474. The molecule has 0 radical (unpaired) electrons. The molecule has 1 amide bonds. The van der Waals surface area contributed by atoms with Gasteiger partial charge in [-0.1, -0.05) is 60.7 Å². The number of carbonyl (C=O) groups is 1. The van der Waals surface area contributed by atoms with Gasteiger partial charge in [0.15, 0.2) is 11.5 Å². The van der Waals surface area contributed by atoms with Crippen LogP contribution in [-0.4, -0.2) is 35.9 Å². The maximum Gasteiger partial charge on any atom is 0.241 e. The summed E-state index contributed by atoms with van der Waals surface area (Å²) in [6.07, 6.45) is 3.61. The van der Waals surface area contributed by atoms with E-state index in [4.69, 9.17) is 9.47 Å². The molecule has 7 nitrogen and oxygen atoms in total. The Labute approximate surface area is 198 Å². The molecule has 1 heterocycles. The minimum Gasteiger partial charge on any atom is -0.493 e. The molecule has 0 unspecified atom stereocenters. The molecule has 0 aliphatic heterocycles. The van der Waals surface area contributed by atoms with Gasteiger partial charge in [0, 0.05) is 24.1 Å². The van der Waals surface area contributed by atoms with E-state index in [1.807, 2.05) is 71.3 Å². The van der Waals surface area contributed by atoms with Crippen molar-refractivity contribution in [3.8, 4) is 34.0 Å². The number of rotatable bonds is 9. The summed E-state index contributed by atoms with van der Waals surface area (Å²) in [5, 5.41) is 4.07. The minimum absolute atomic E-state index is 0.189. The van der Waals surface area contributed by atoms with E-state index in [0.717, 1.165) is 28.1 Å². The van der Waals surface area contributed by atoms with E-state index >= 15 is 0 Å². The Hall–Kier alpha value is -4.39. The smallest absolute Gasteiger partial charge is 0.241 e. The quantitative estimate of drug-likeness (QED) is 0.292. The zero-order chi connectivity index (χ0) is 23.8. The van der Waals surface area contributed by atoms with E-state index in [2.05, 4.69) is 15.5 Å². The first-order chi connectivity index (χ1) is 16.7. The van der Waals surface area contributed by atoms with Crippen molar-refractivity contribution in [2.24, 2.45) is 5.10 Å². The monoisotopic (exact) mass is 454 g/mol. The van der Waals surface area contributed by atoms with Crippen molar-refractivity contribution in [1.82, 2.24) is 15.0 Å². The molecule has 1 aromatic heterocycles. The maximum atomic E-state index is 12.5. The highest BCUT2D eigenvalue weighted by atomic mass is 16.5. The Morgan fingerprint density at radius 1 is 0.941 bits per heavy atom. The molecule has 0 atom stereocenters. The summed E-state index contributed by atoms with van der Waals surface area (Å²) in [5.41, 5.74) is 7.32. The molecule has 0 spiro atoms. The highest BCUT2D eigenvalue weighted by molar-refractivity contribution is 5.83. The Balaban J connectivity index is 1.45. The van der Waals surface area contributed by atoms with Crippen molar-refractivity contribution in [2.45, 2.75) is 13.0 Å². The predicted octanol–water partition coefficient (Wildman–Crippen LogP) is 4.77. The Bertz CT molecular complexity index is 1270. The Kier molecular flexibility index (Phi) is 7.35. The number of nitrogens with zero attached hydrogens (tertiary/aromatic N) is 3. The molecule has 1 N–H and O–H groups in total. The van der Waals surface area contributed by atoms with Gasteiger partial charge in [0.1, 0.15) is 0 Å². The summed E-state index contributed by atoms with van der Waals surface area (Å²) in [6, 6.07) is 25.5. The van der Waals surface area contributed by atoms with E-state index in [1.165, 1.54) is 0 Å². The molecular formula is C27H26N4O3. The molecular weight excluding hydrogens is 428 g/mol. The molecule has 0 fully saturated rings. The lowest BCUT2D eigenvalue weighted by Crippen LogP contribution is -2.19. The second-order valence-electron chi connectivity index (χ2n) is 7.52. The van der Waals surface area contributed by atoms with Gasteiger partial charge in [-0.2, -0.15) is 5.10 Å². The molecule has 0 saturated heterocycles. The fourth-order valence-electron chi connectivity index (χ4n) is 3.65. The van der Waals surface area contributed by atoms with Crippen molar-refractivity contribution >= 4 is 12.1 Å². The number of hydrazone groups is 1. The third-order valence-electron chi connectivity index (χ3n) is 5.32. The standard InChI is InChI=1S/C27H26N4O3/c1-33-23-14-13-20(17-24(23)34-2)18-29-30-25(32)15-16-31-19-28-26(21-9-5-3-6-10-21)27(31)22-11-7-4-8-12-22/h3-14,17-19H,15-16H2,1-2H3,(H,30,32). The molecule has 34 heavy (non-hydrogen) atoms. The van der Waals surface area contributed by atoms with Gasteiger partial charge in [-0.05, 0) is 23.8 Å². The zero-order valence-electron chi connectivity index (χ0n) is 19.1. The van der Waals surface area contributed by atoms with Gasteiger partial charge in [0.2, 0.25) is 5.91 Å². The number of hydrogen-bond donors (Lipinski definition) is 1. The number of aromatic nitrogens is 2. The normalized spacial score (nSPS) is 10.9. The van der Waals surface area contributed by atoms with Crippen LogP contribution < -0.4 is 14.9 Å². The Morgan fingerprint density at radius 2 is 1.62 bits per heavy atom. The van der Waals surface area contributed by atoms with E-state index in [-0.39, 0.29) is 12.3 Å². The third-order valence-corrected chi connectivity index (χ3v) is 5.32. The number of methoxy groups -OCH3 is 2. The largest absolute Gasteiger partial charge is 0.493 e. The van der Waals surface area contributed by atoms with Crippen LogP contribution in [0.1, 0.15) is 12.0 Å². The number of amides is 1. The van der Waals surface area contributed by atoms with Gasteiger partial charge in [-0.25, -0.2) is 10.4 Å². The highest BCUT2D eigenvalue weighted by Crippen LogP contribution is 2.31. The van der Waals surface area contributed by atoms with Crippen molar-refractivity contribution in [2.75, 3.05) is 14.2 Å². The first-order valence-electron chi connectivity index (χ1n) is 10.9. The van der Waals surface area contributed by atoms with E-state index in [9.17, 15) is 4.79 Å². The molecule has 0 aliphatic rings. The zero-order valence-corrected chi connectivity index (χ0v) is 19.1. The topological polar surface area (TPSA) is 77.7 Å². The lowest BCUT2D eigenvalue weighted by molar-refractivity contribution is -0.121. The summed E-state index contributed by atoms with van der Waals surface area (Å²) >= 11 is 0. The van der Waals surface area contributed by atoms with Crippen LogP contribution >= 0.6 is 0 Å². The lowest BCUT2D eigenvalue weighted by Gasteiger charge is -2.10. The van der Waals surface area contributed by atoms with Gasteiger partial charge >= 0.3 is 0 Å². The SMILES string of the molecule is COc1ccc(C=NNC(=O)CCn2cnc(-c3ccccc3)c2-c2ccccc2)cc1OC. The van der Waals surface area contributed by atoms with Crippen LogP contribution in [0.2, 0.25) is 0 Å². The van der Waals surface area contributed by atoms with Gasteiger partial charge in [0.05, 0.1) is 38.1 Å². The van der Waals surface area contributed by atoms with Crippen molar-refractivity contribution < 1.29 is 14.3 Å². The number of ether oxygens (including phenoxy) is 2. The first kappa shape index (κ1) is 22.8. The molecule has 7 heteroatoms. The van der Waals surface area contributed by atoms with Crippen LogP contribution in [0, 0.1) is 0 Å². The molecule has 0 saturated carbocycles. The molecule has 0 aliphatic carbocycles. The lowest BCUT2D eigenvalue weighted by atomic mass is 10.0. The minimum atomic E-state index is -0.189. The van der Waals surface area contributed by atoms with E-state index in [0.29, 0.717) is 18.0 Å². The van der Waals surface area contributed by atoms with Crippen LogP contribution in [0.3, 0.4) is 0 Å². The molecule has 172 valence electrons. The average molecular weight is 455 g/mol. The number of nitrogens with one attached hydrogen (secondary N) is 1. The summed E-state index contributed by atoms with van der Waals surface area (Å²) in [4.78, 5) is 17.1. The highest BCUT2D eigenvalue weighted by Gasteiger charge is 2.15. The predicted molar refractivity (Wildman–Crippen MR) is 133 cm³/mol. The number of imidazole rings is 1. The Morgan fingerprint density at radius 3 is 2.29 bits per heavy atom. The number of aryl methyl sites for hydroxylation is 1. The molecule has 4 aromatic rings. The second kappa shape index (κ2) is 11.0. The van der Waals surface area contributed by atoms with E-state index < -0.39 is 0 Å². The summed E-state index contributed by atoms with van der Waals surface area (Å²) in [7, 11) is 3.15. The number of benzene rings is 3. The summed E-state index contributed by atoms with van der Waals surface area (Å²) < 4.78 is 12.5. The van der Waals surface area contributed by atoms with Crippen molar-refractivity contribution in [1.29, 1.82) is 0 Å². The van der Waals surface area contributed by atoms with Gasteiger partial charge in [0.25, 0.3) is 0 Å². The van der Waals surface area contributed by atoms with Crippen LogP contribution in [0.5, 0.6) is 11.5 Å². The first-order valence-corrected chi connectivity index (χ1v) is 10.9. The number of hydrogen-bond acceptors (Lipinski definition) is 5. The summed E-state index contributed by atoms with van der Waals surface area (Å²) in [5.74, 6) is 1.04. The van der Waals surface area contributed by atoms with Crippen LogP contribution in [-0.2, 0) is 11.3 Å². The fourth-order valence-corrected chi connectivity index (χ4v) is 3.65. The van der Waals surface area contributed by atoms with Crippen LogP contribution in [0.25, 0.3) is 22.5 Å². The molecule has 3 aromatic carbocycles. The molecule has 4 rings (SSSR count). The number of carbonyl (C=O) groups excluding carboxylic acids is 1. The van der Waals surface area contributed by atoms with Crippen LogP contribution in [0.15, 0.2) is 90.3 Å².